The second kappa shape index (κ2) is 8.34. The van der Waals surface area contributed by atoms with Gasteiger partial charge in [0.25, 0.3) is 0 Å². The normalized spacial score (nSPS) is 14.8. The van der Waals surface area contributed by atoms with E-state index in [-0.39, 0.29) is 0 Å². The van der Waals surface area contributed by atoms with Crippen molar-refractivity contribution in [3.8, 4) is 17.0 Å². The summed E-state index contributed by atoms with van der Waals surface area (Å²) in [6, 6.07) is 12.8. The Morgan fingerprint density at radius 1 is 1.16 bits per heavy atom. The molecule has 1 fully saturated rings. The highest BCUT2D eigenvalue weighted by Gasteiger charge is 2.14. The molecular weight excluding hydrogens is 310 g/mol. The van der Waals surface area contributed by atoms with Crippen molar-refractivity contribution in [3.05, 3.63) is 42.0 Å². The monoisotopic (exact) mass is 339 g/mol. The van der Waals surface area contributed by atoms with E-state index in [2.05, 4.69) is 67.4 Å². The first-order valence-electron chi connectivity index (χ1n) is 9.39. The number of pyridine rings is 1. The summed E-state index contributed by atoms with van der Waals surface area (Å²) in [6.07, 6.45) is 1.02. The van der Waals surface area contributed by atoms with E-state index in [1.54, 1.807) is 0 Å². The molecule has 1 aromatic heterocycles. The molecule has 2 heterocycles. The molecule has 0 bridgehead atoms. The van der Waals surface area contributed by atoms with Gasteiger partial charge in [-0.3, -0.25) is 0 Å². The maximum absolute atomic E-state index is 5.92. The molecule has 2 aromatic rings. The molecule has 1 aliphatic heterocycles. The summed E-state index contributed by atoms with van der Waals surface area (Å²) >= 11 is 0. The fraction of sp³-hybridized carbons (Fsp3) is 0.476. The number of rotatable bonds is 6. The zero-order valence-electron chi connectivity index (χ0n) is 15.6. The summed E-state index contributed by atoms with van der Waals surface area (Å²) in [5.74, 6) is 2.48. The first-order chi connectivity index (χ1) is 12.2. The lowest BCUT2D eigenvalue weighted by Gasteiger charge is -2.28. The molecule has 0 spiro atoms. The Morgan fingerprint density at radius 3 is 2.68 bits per heavy atom. The molecule has 1 N–H and O–H groups in total. The summed E-state index contributed by atoms with van der Waals surface area (Å²) in [4.78, 5) is 7.27. The van der Waals surface area contributed by atoms with Crippen molar-refractivity contribution in [2.75, 3.05) is 37.7 Å². The zero-order valence-corrected chi connectivity index (χ0v) is 15.6. The van der Waals surface area contributed by atoms with Crippen molar-refractivity contribution in [1.82, 2.24) is 10.3 Å². The molecule has 3 rings (SSSR count). The minimum absolute atomic E-state index is 0.420. The predicted molar refractivity (Wildman–Crippen MR) is 105 cm³/mol. The van der Waals surface area contributed by atoms with Gasteiger partial charge in [0.05, 0.1) is 12.3 Å². The third-order valence-electron chi connectivity index (χ3n) is 4.56. The Morgan fingerprint density at radius 2 is 1.96 bits per heavy atom. The Labute approximate surface area is 151 Å². The zero-order chi connectivity index (χ0) is 17.6. The third-order valence-corrected chi connectivity index (χ3v) is 4.56. The van der Waals surface area contributed by atoms with Gasteiger partial charge in [-0.15, -0.1) is 0 Å². The predicted octanol–water partition coefficient (Wildman–Crippen LogP) is 4.07. The fourth-order valence-electron chi connectivity index (χ4n) is 3.16. The van der Waals surface area contributed by atoms with E-state index in [0.29, 0.717) is 5.92 Å². The fourth-order valence-corrected chi connectivity index (χ4v) is 3.16. The van der Waals surface area contributed by atoms with Crippen molar-refractivity contribution in [3.63, 3.8) is 0 Å². The van der Waals surface area contributed by atoms with Crippen LogP contribution in [0, 0.1) is 0 Å². The topological polar surface area (TPSA) is 37.4 Å². The summed E-state index contributed by atoms with van der Waals surface area (Å²) in [6.45, 7) is 11.4. The number of anilines is 1. The lowest BCUT2D eigenvalue weighted by Crippen LogP contribution is -2.43. The SMILES string of the molecule is CCCOc1ccc(-c2cccc(N3CCNCC3)n2)cc1C(C)C. The molecule has 0 amide bonds. The van der Waals surface area contributed by atoms with Crippen LogP contribution in [0.25, 0.3) is 11.3 Å². The number of hydrogen-bond donors (Lipinski definition) is 1. The molecule has 0 radical (unpaired) electrons. The highest BCUT2D eigenvalue weighted by molar-refractivity contribution is 5.64. The summed E-state index contributed by atoms with van der Waals surface area (Å²) < 4.78 is 5.92. The summed E-state index contributed by atoms with van der Waals surface area (Å²) in [5, 5.41) is 3.39. The number of ether oxygens (including phenoxy) is 1. The van der Waals surface area contributed by atoms with Gasteiger partial charge in [-0.05, 0) is 48.2 Å². The molecule has 0 unspecified atom stereocenters. The molecule has 134 valence electrons. The Kier molecular flexibility index (Phi) is 5.92. The van der Waals surface area contributed by atoms with E-state index in [9.17, 15) is 0 Å². The second-order valence-corrected chi connectivity index (χ2v) is 6.87. The lowest BCUT2D eigenvalue weighted by atomic mass is 9.98. The van der Waals surface area contributed by atoms with Crippen molar-refractivity contribution >= 4 is 5.82 Å². The van der Waals surface area contributed by atoms with E-state index >= 15 is 0 Å². The van der Waals surface area contributed by atoms with Gasteiger partial charge in [0.1, 0.15) is 11.6 Å². The van der Waals surface area contributed by atoms with Crippen LogP contribution in [0.5, 0.6) is 5.75 Å². The van der Waals surface area contributed by atoms with Crippen LogP contribution in [-0.4, -0.2) is 37.8 Å². The first-order valence-corrected chi connectivity index (χ1v) is 9.39. The molecule has 1 aromatic carbocycles. The van der Waals surface area contributed by atoms with E-state index < -0.39 is 0 Å². The average molecular weight is 339 g/mol. The van der Waals surface area contributed by atoms with Crippen LogP contribution in [0.15, 0.2) is 36.4 Å². The van der Waals surface area contributed by atoms with Crippen molar-refractivity contribution in [2.24, 2.45) is 0 Å². The van der Waals surface area contributed by atoms with E-state index in [4.69, 9.17) is 9.72 Å². The molecule has 4 nitrogen and oxygen atoms in total. The highest BCUT2D eigenvalue weighted by Crippen LogP contribution is 2.31. The number of nitrogens with one attached hydrogen (secondary N) is 1. The van der Waals surface area contributed by atoms with Crippen LogP contribution in [0.2, 0.25) is 0 Å². The number of aromatic nitrogens is 1. The first kappa shape index (κ1) is 17.7. The molecule has 4 heteroatoms. The summed E-state index contributed by atoms with van der Waals surface area (Å²) in [5.41, 5.74) is 3.44. The molecule has 0 aliphatic carbocycles. The number of nitrogens with zero attached hydrogens (tertiary/aromatic N) is 2. The molecule has 1 aliphatic rings. The van der Waals surface area contributed by atoms with Crippen LogP contribution in [0.1, 0.15) is 38.7 Å². The van der Waals surface area contributed by atoms with Crippen LogP contribution in [0.4, 0.5) is 5.82 Å². The van der Waals surface area contributed by atoms with Gasteiger partial charge in [-0.25, -0.2) is 4.98 Å². The van der Waals surface area contributed by atoms with Crippen molar-refractivity contribution < 1.29 is 4.74 Å². The van der Waals surface area contributed by atoms with Gasteiger partial charge in [-0.1, -0.05) is 26.8 Å². The van der Waals surface area contributed by atoms with Gasteiger partial charge in [-0.2, -0.15) is 0 Å². The van der Waals surface area contributed by atoms with E-state index in [0.717, 1.165) is 62.0 Å². The number of hydrogen-bond acceptors (Lipinski definition) is 4. The number of benzene rings is 1. The Balaban J connectivity index is 1.89. The van der Waals surface area contributed by atoms with Crippen LogP contribution in [0.3, 0.4) is 0 Å². The number of piperazine rings is 1. The second-order valence-electron chi connectivity index (χ2n) is 6.87. The maximum atomic E-state index is 5.92. The Bertz CT molecular complexity index is 693. The van der Waals surface area contributed by atoms with Gasteiger partial charge >= 0.3 is 0 Å². The largest absolute Gasteiger partial charge is 0.493 e. The quantitative estimate of drug-likeness (QED) is 0.861. The maximum Gasteiger partial charge on any atom is 0.129 e. The minimum Gasteiger partial charge on any atom is -0.493 e. The molecule has 0 atom stereocenters. The van der Waals surface area contributed by atoms with Crippen molar-refractivity contribution in [1.29, 1.82) is 0 Å². The minimum atomic E-state index is 0.420. The van der Waals surface area contributed by atoms with Crippen LogP contribution >= 0.6 is 0 Å². The molecule has 1 saturated heterocycles. The standard InChI is InChI=1S/C21H29N3O/c1-4-14-25-20-9-8-17(15-18(20)16(2)3)19-6-5-7-21(23-19)24-12-10-22-11-13-24/h5-9,15-16,22H,4,10-14H2,1-3H3. The van der Waals surface area contributed by atoms with Crippen LogP contribution < -0.4 is 15.0 Å². The van der Waals surface area contributed by atoms with Gasteiger partial charge < -0.3 is 15.0 Å². The third kappa shape index (κ3) is 4.31. The highest BCUT2D eigenvalue weighted by atomic mass is 16.5. The Hall–Kier alpha value is -2.07. The van der Waals surface area contributed by atoms with E-state index in [1.807, 2.05) is 0 Å². The van der Waals surface area contributed by atoms with Crippen molar-refractivity contribution in [2.45, 2.75) is 33.1 Å². The van der Waals surface area contributed by atoms with E-state index in [1.165, 1.54) is 5.56 Å². The van der Waals surface area contributed by atoms with Gasteiger partial charge in [0, 0.05) is 31.7 Å². The lowest BCUT2D eigenvalue weighted by molar-refractivity contribution is 0.313. The van der Waals surface area contributed by atoms with Crippen LogP contribution in [-0.2, 0) is 0 Å². The van der Waals surface area contributed by atoms with Gasteiger partial charge in [0.15, 0.2) is 0 Å². The smallest absolute Gasteiger partial charge is 0.129 e. The molecular formula is C21H29N3O. The molecule has 0 saturated carbocycles. The van der Waals surface area contributed by atoms with Gasteiger partial charge in [0.2, 0.25) is 0 Å². The average Bonchev–Trinajstić information content (AvgIpc) is 2.67. The summed E-state index contributed by atoms with van der Waals surface area (Å²) in [7, 11) is 0. The molecule has 25 heavy (non-hydrogen) atoms.